The summed E-state index contributed by atoms with van der Waals surface area (Å²) in [6, 6.07) is 15.2. The van der Waals surface area contributed by atoms with E-state index in [2.05, 4.69) is 25.3 Å². The van der Waals surface area contributed by atoms with Crippen molar-refractivity contribution >= 4 is 24.7 Å². The van der Waals surface area contributed by atoms with Crippen molar-refractivity contribution in [2.45, 2.75) is 0 Å². The minimum absolute atomic E-state index is 0.282. The Kier molecular flexibility index (Phi) is 2.63. The molecule has 0 aliphatic rings. The van der Waals surface area contributed by atoms with E-state index < -0.39 is 0 Å². The van der Waals surface area contributed by atoms with Gasteiger partial charge in [0.15, 0.2) is 0 Å². The molecule has 0 bridgehead atoms. The number of rotatable bonds is 2. The summed E-state index contributed by atoms with van der Waals surface area (Å²) in [7, 11) is 2.06. The molecule has 2 rings (SSSR count). The molecule has 74 valence electrons. The quantitative estimate of drug-likeness (QED) is 0.563. The van der Waals surface area contributed by atoms with Crippen molar-refractivity contribution in [3.63, 3.8) is 0 Å². The molecular weight excluding hydrogens is 185 g/mol. The Hall–Kier alpha value is -1.90. The van der Waals surface area contributed by atoms with Crippen LogP contribution in [0.4, 0.5) is 11.4 Å². The third-order valence-electron chi connectivity index (χ3n) is 2.21. The molecule has 0 amide bonds. The van der Waals surface area contributed by atoms with Gasteiger partial charge in [0.25, 0.3) is 0 Å². The molecule has 0 atom stereocenters. The highest BCUT2D eigenvalue weighted by Gasteiger charge is 1.94. The fourth-order valence-electron chi connectivity index (χ4n) is 1.35. The third kappa shape index (κ3) is 2.53. The molecule has 0 saturated heterocycles. The van der Waals surface area contributed by atoms with Crippen molar-refractivity contribution in [2.24, 2.45) is 0 Å². The maximum Gasteiger partial charge on any atom is 0.139 e. The van der Waals surface area contributed by atoms with Crippen LogP contribution in [0.2, 0.25) is 0 Å². The Balaban J connectivity index is 2.15. The van der Waals surface area contributed by atoms with Crippen LogP contribution in [-0.4, -0.2) is 13.0 Å². The number of benzene rings is 2. The van der Waals surface area contributed by atoms with Gasteiger partial charge in [-0.3, -0.25) is 0 Å². The number of hydrogen-bond acceptors (Lipinski definition) is 2. The van der Waals surface area contributed by atoms with Crippen molar-refractivity contribution in [3.05, 3.63) is 48.5 Å². The average Bonchev–Trinajstić information content (AvgIpc) is 2.25. The van der Waals surface area contributed by atoms with Gasteiger partial charge >= 0.3 is 0 Å². The Morgan fingerprint density at radius 1 is 0.800 bits per heavy atom. The van der Waals surface area contributed by atoms with E-state index in [0.29, 0.717) is 0 Å². The van der Waals surface area contributed by atoms with Gasteiger partial charge < -0.3 is 10.4 Å². The molecule has 0 unspecified atom stereocenters. The Morgan fingerprint density at radius 2 is 1.27 bits per heavy atom. The second kappa shape index (κ2) is 4.09. The zero-order valence-electron chi connectivity index (χ0n) is 8.57. The van der Waals surface area contributed by atoms with E-state index in [1.54, 1.807) is 12.1 Å². The zero-order chi connectivity index (χ0) is 10.7. The van der Waals surface area contributed by atoms with Gasteiger partial charge in [0.1, 0.15) is 13.6 Å². The SMILES string of the molecule is Bc1ccc(Nc2ccc(O)cc2)cc1. The van der Waals surface area contributed by atoms with E-state index in [0.717, 1.165) is 11.4 Å². The van der Waals surface area contributed by atoms with E-state index in [-0.39, 0.29) is 5.75 Å². The van der Waals surface area contributed by atoms with Gasteiger partial charge in [-0.1, -0.05) is 17.6 Å². The summed E-state index contributed by atoms with van der Waals surface area (Å²) in [5.41, 5.74) is 3.26. The molecule has 0 radical (unpaired) electrons. The predicted octanol–water partition coefficient (Wildman–Crippen LogP) is 1.39. The molecule has 0 fully saturated rings. The second-order valence-corrected chi connectivity index (χ2v) is 3.54. The molecular formula is C12H12BNO. The highest BCUT2D eigenvalue weighted by molar-refractivity contribution is 6.32. The number of phenols is 1. The first kappa shape index (κ1) is 9.65. The lowest BCUT2D eigenvalue weighted by molar-refractivity contribution is 0.475. The van der Waals surface area contributed by atoms with Gasteiger partial charge in [0, 0.05) is 11.4 Å². The minimum Gasteiger partial charge on any atom is -0.508 e. The summed E-state index contributed by atoms with van der Waals surface area (Å²) in [6.07, 6.45) is 0. The summed E-state index contributed by atoms with van der Waals surface area (Å²) in [5, 5.41) is 12.4. The van der Waals surface area contributed by atoms with E-state index >= 15 is 0 Å². The average molecular weight is 197 g/mol. The third-order valence-corrected chi connectivity index (χ3v) is 2.21. The molecule has 2 aromatic rings. The van der Waals surface area contributed by atoms with Crippen LogP contribution in [0.1, 0.15) is 0 Å². The topological polar surface area (TPSA) is 32.3 Å². The highest BCUT2D eigenvalue weighted by atomic mass is 16.3. The van der Waals surface area contributed by atoms with Crippen molar-refractivity contribution in [1.29, 1.82) is 0 Å². The van der Waals surface area contributed by atoms with Crippen LogP contribution in [-0.2, 0) is 0 Å². The smallest absolute Gasteiger partial charge is 0.139 e. The number of phenolic OH excluding ortho intramolecular Hbond substituents is 1. The highest BCUT2D eigenvalue weighted by Crippen LogP contribution is 2.18. The lowest BCUT2D eigenvalue weighted by atomic mass is 9.96. The molecule has 2 nitrogen and oxygen atoms in total. The van der Waals surface area contributed by atoms with Crippen LogP contribution in [0, 0.1) is 0 Å². The molecule has 0 aromatic heterocycles. The monoisotopic (exact) mass is 197 g/mol. The van der Waals surface area contributed by atoms with Crippen molar-refractivity contribution in [2.75, 3.05) is 5.32 Å². The Labute approximate surface area is 90.0 Å². The van der Waals surface area contributed by atoms with E-state index in [4.69, 9.17) is 5.11 Å². The number of nitrogens with one attached hydrogen (secondary N) is 1. The first-order valence-electron chi connectivity index (χ1n) is 4.87. The molecule has 0 spiro atoms. The molecule has 15 heavy (non-hydrogen) atoms. The fraction of sp³-hybridized carbons (Fsp3) is 0. The maximum atomic E-state index is 9.13. The number of hydrogen-bond donors (Lipinski definition) is 2. The van der Waals surface area contributed by atoms with Gasteiger partial charge in [-0.25, -0.2) is 0 Å². The van der Waals surface area contributed by atoms with Gasteiger partial charge in [0.2, 0.25) is 0 Å². The van der Waals surface area contributed by atoms with Crippen molar-refractivity contribution < 1.29 is 5.11 Å². The maximum absolute atomic E-state index is 9.13. The van der Waals surface area contributed by atoms with E-state index in [1.165, 1.54) is 5.46 Å². The van der Waals surface area contributed by atoms with Gasteiger partial charge in [0.05, 0.1) is 0 Å². The summed E-state index contributed by atoms with van der Waals surface area (Å²) in [6.45, 7) is 0. The first-order valence-corrected chi connectivity index (χ1v) is 4.87. The molecule has 0 aliphatic carbocycles. The number of anilines is 2. The summed E-state index contributed by atoms with van der Waals surface area (Å²) in [5.74, 6) is 0.282. The van der Waals surface area contributed by atoms with E-state index in [9.17, 15) is 0 Å². The van der Waals surface area contributed by atoms with Crippen LogP contribution in [0.3, 0.4) is 0 Å². The molecule has 2 N–H and O–H groups in total. The second-order valence-electron chi connectivity index (χ2n) is 3.54. The molecule has 3 heteroatoms. The Morgan fingerprint density at radius 3 is 1.80 bits per heavy atom. The first-order chi connectivity index (χ1) is 7.24. The summed E-state index contributed by atoms with van der Waals surface area (Å²) < 4.78 is 0. The van der Waals surface area contributed by atoms with Crippen LogP contribution in [0.15, 0.2) is 48.5 Å². The lowest BCUT2D eigenvalue weighted by Gasteiger charge is -2.06. The van der Waals surface area contributed by atoms with Gasteiger partial charge in [-0.15, -0.1) is 0 Å². The van der Waals surface area contributed by atoms with Crippen molar-refractivity contribution in [1.82, 2.24) is 0 Å². The standard InChI is InChI=1S/C12H12BNO/c13-9-1-3-10(4-2-9)14-11-5-7-12(15)8-6-11/h1-8,14-15H,13H2. The van der Waals surface area contributed by atoms with E-state index in [1.807, 2.05) is 24.3 Å². The number of aromatic hydroxyl groups is 1. The minimum atomic E-state index is 0.282. The summed E-state index contributed by atoms with van der Waals surface area (Å²) >= 11 is 0. The largest absolute Gasteiger partial charge is 0.508 e. The van der Waals surface area contributed by atoms with Crippen LogP contribution in [0.25, 0.3) is 0 Å². The molecule has 2 aromatic carbocycles. The van der Waals surface area contributed by atoms with Crippen LogP contribution in [0.5, 0.6) is 5.75 Å². The Bertz CT molecular complexity index is 393. The van der Waals surface area contributed by atoms with Crippen LogP contribution < -0.4 is 10.8 Å². The van der Waals surface area contributed by atoms with Gasteiger partial charge in [-0.05, 0) is 36.4 Å². The molecule has 0 heterocycles. The summed E-state index contributed by atoms with van der Waals surface area (Å²) in [4.78, 5) is 0. The molecule has 0 saturated carbocycles. The predicted molar refractivity (Wildman–Crippen MR) is 66.0 cm³/mol. The normalized spacial score (nSPS) is 9.87. The van der Waals surface area contributed by atoms with Crippen molar-refractivity contribution in [3.8, 4) is 5.75 Å². The fourth-order valence-corrected chi connectivity index (χ4v) is 1.35. The lowest BCUT2D eigenvalue weighted by Crippen LogP contribution is -2.00. The molecule has 0 aliphatic heterocycles. The van der Waals surface area contributed by atoms with Crippen LogP contribution >= 0.6 is 0 Å². The van der Waals surface area contributed by atoms with Gasteiger partial charge in [-0.2, -0.15) is 0 Å². The zero-order valence-corrected chi connectivity index (χ0v) is 8.57.